The van der Waals surface area contributed by atoms with Crippen molar-refractivity contribution in [3.63, 3.8) is 0 Å². The molecule has 0 saturated carbocycles. The zero-order valence-corrected chi connectivity index (χ0v) is 15.0. The van der Waals surface area contributed by atoms with Crippen molar-refractivity contribution in [1.82, 2.24) is 4.98 Å². The van der Waals surface area contributed by atoms with Crippen LogP contribution in [0.2, 0.25) is 0 Å². The number of ether oxygens (including phenoxy) is 1. The van der Waals surface area contributed by atoms with Gasteiger partial charge >= 0.3 is 0 Å². The molecule has 2 N–H and O–H groups in total. The molecule has 0 aliphatic heterocycles. The van der Waals surface area contributed by atoms with Crippen LogP contribution in [-0.4, -0.2) is 18.0 Å². The van der Waals surface area contributed by atoms with Gasteiger partial charge < -0.3 is 15.4 Å². The molecule has 0 aliphatic rings. The lowest BCUT2D eigenvalue weighted by atomic mass is 10.1. The standard InChI is InChI=1S/C21H21N3O2/c1-14-4-5-17(12-15(14)2)24-21(25)20-13-18(10-11-22-20)23-16-6-8-19(26-3)9-7-16/h4-13H,1-3H3,(H,22,23)(H,24,25). The molecule has 1 amide bonds. The Morgan fingerprint density at radius 1 is 0.885 bits per heavy atom. The zero-order chi connectivity index (χ0) is 18.5. The summed E-state index contributed by atoms with van der Waals surface area (Å²) < 4.78 is 5.15. The smallest absolute Gasteiger partial charge is 0.274 e. The van der Waals surface area contributed by atoms with E-state index in [1.165, 1.54) is 5.56 Å². The lowest BCUT2D eigenvalue weighted by molar-refractivity contribution is 0.102. The maximum absolute atomic E-state index is 12.5. The first-order valence-electron chi connectivity index (χ1n) is 8.31. The van der Waals surface area contributed by atoms with Gasteiger partial charge in [0.25, 0.3) is 5.91 Å². The summed E-state index contributed by atoms with van der Waals surface area (Å²) in [5.41, 5.74) is 5.11. The molecular formula is C21H21N3O2. The third-order valence-electron chi connectivity index (χ3n) is 4.14. The Bertz CT molecular complexity index is 921. The maximum atomic E-state index is 12.5. The van der Waals surface area contributed by atoms with Gasteiger partial charge in [-0.25, -0.2) is 0 Å². The lowest BCUT2D eigenvalue weighted by Crippen LogP contribution is -2.14. The number of anilines is 3. The van der Waals surface area contributed by atoms with Crippen molar-refractivity contribution in [2.75, 3.05) is 17.7 Å². The van der Waals surface area contributed by atoms with E-state index in [0.717, 1.165) is 28.4 Å². The fourth-order valence-electron chi connectivity index (χ4n) is 2.49. The number of nitrogens with zero attached hydrogens (tertiary/aromatic N) is 1. The first-order chi connectivity index (χ1) is 12.5. The molecule has 0 unspecified atom stereocenters. The van der Waals surface area contributed by atoms with Gasteiger partial charge in [0.15, 0.2) is 0 Å². The number of methoxy groups -OCH3 is 1. The van der Waals surface area contributed by atoms with Crippen LogP contribution >= 0.6 is 0 Å². The Balaban J connectivity index is 1.73. The zero-order valence-electron chi connectivity index (χ0n) is 15.0. The molecule has 0 radical (unpaired) electrons. The minimum atomic E-state index is -0.244. The number of carbonyl (C=O) groups is 1. The molecule has 0 saturated heterocycles. The topological polar surface area (TPSA) is 63.2 Å². The molecule has 0 spiro atoms. The van der Waals surface area contributed by atoms with Gasteiger partial charge in [-0.2, -0.15) is 0 Å². The summed E-state index contributed by atoms with van der Waals surface area (Å²) >= 11 is 0. The van der Waals surface area contributed by atoms with E-state index in [9.17, 15) is 4.79 Å². The summed E-state index contributed by atoms with van der Waals surface area (Å²) in [6.45, 7) is 4.05. The number of rotatable bonds is 5. The number of hydrogen-bond donors (Lipinski definition) is 2. The monoisotopic (exact) mass is 347 g/mol. The van der Waals surface area contributed by atoms with E-state index in [4.69, 9.17) is 4.74 Å². The van der Waals surface area contributed by atoms with Crippen molar-refractivity contribution in [1.29, 1.82) is 0 Å². The highest BCUT2D eigenvalue weighted by Crippen LogP contribution is 2.21. The van der Waals surface area contributed by atoms with E-state index < -0.39 is 0 Å². The molecule has 132 valence electrons. The number of benzene rings is 2. The number of carbonyl (C=O) groups excluding carboxylic acids is 1. The van der Waals surface area contributed by atoms with Crippen LogP contribution in [0.5, 0.6) is 5.75 Å². The third-order valence-corrected chi connectivity index (χ3v) is 4.14. The van der Waals surface area contributed by atoms with Crippen LogP contribution in [0, 0.1) is 13.8 Å². The number of nitrogens with one attached hydrogen (secondary N) is 2. The van der Waals surface area contributed by atoms with Crippen molar-refractivity contribution in [2.24, 2.45) is 0 Å². The SMILES string of the molecule is COc1ccc(Nc2ccnc(C(=O)Nc3ccc(C)c(C)c3)c2)cc1. The normalized spacial score (nSPS) is 10.3. The average molecular weight is 347 g/mol. The highest BCUT2D eigenvalue weighted by molar-refractivity contribution is 6.03. The van der Waals surface area contributed by atoms with Crippen LogP contribution in [0.1, 0.15) is 21.6 Å². The Morgan fingerprint density at radius 2 is 1.62 bits per heavy atom. The summed E-state index contributed by atoms with van der Waals surface area (Å²) in [5, 5.41) is 6.14. The van der Waals surface area contributed by atoms with E-state index in [1.54, 1.807) is 19.4 Å². The summed E-state index contributed by atoms with van der Waals surface area (Å²) in [7, 11) is 1.63. The minimum Gasteiger partial charge on any atom is -0.497 e. The van der Waals surface area contributed by atoms with Gasteiger partial charge in [-0.3, -0.25) is 9.78 Å². The van der Waals surface area contributed by atoms with E-state index >= 15 is 0 Å². The van der Waals surface area contributed by atoms with Gasteiger partial charge in [0.2, 0.25) is 0 Å². The Hall–Kier alpha value is -3.34. The average Bonchev–Trinajstić information content (AvgIpc) is 2.65. The molecular weight excluding hydrogens is 326 g/mol. The second-order valence-corrected chi connectivity index (χ2v) is 6.04. The molecule has 0 atom stereocenters. The van der Waals surface area contributed by atoms with E-state index in [1.807, 2.05) is 62.4 Å². The first-order valence-corrected chi connectivity index (χ1v) is 8.31. The molecule has 26 heavy (non-hydrogen) atoms. The molecule has 0 bridgehead atoms. The summed E-state index contributed by atoms with van der Waals surface area (Å²) in [4.78, 5) is 16.7. The Labute approximate surface area is 153 Å². The van der Waals surface area contributed by atoms with Gasteiger partial charge in [-0.05, 0) is 73.5 Å². The van der Waals surface area contributed by atoms with Gasteiger partial charge in [0, 0.05) is 23.3 Å². The van der Waals surface area contributed by atoms with Crippen LogP contribution in [0.4, 0.5) is 17.1 Å². The predicted octanol–water partition coefficient (Wildman–Crippen LogP) is 4.70. The molecule has 2 aromatic carbocycles. The molecule has 5 heteroatoms. The second-order valence-electron chi connectivity index (χ2n) is 6.04. The van der Waals surface area contributed by atoms with E-state index in [-0.39, 0.29) is 5.91 Å². The van der Waals surface area contributed by atoms with Gasteiger partial charge in [-0.1, -0.05) is 6.07 Å². The highest BCUT2D eigenvalue weighted by Gasteiger charge is 2.09. The van der Waals surface area contributed by atoms with E-state index in [0.29, 0.717) is 5.69 Å². The summed E-state index contributed by atoms with van der Waals surface area (Å²) in [6.07, 6.45) is 1.61. The molecule has 0 fully saturated rings. The summed E-state index contributed by atoms with van der Waals surface area (Å²) in [6, 6.07) is 16.9. The van der Waals surface area contributed by atoms with Crippen molar-refractivity contribution in [2.45, 2.75) is 13.8 Å². The number of hydrogen-bond acceptors (Lipinski definition) is 4. The lowest BCUT2D eigenvalue weighted by Gasteiger charge is -2.10. The molecule has 3 aromatic rings. The number of pyridine rings is 1. The van der Waals surface area contributed by atoms with Crippen LogP contribution in [0.15, 0.2) is 60.8 Å². The third kappa shape index (κ3) is 4.19. The minimum absolute atomic E-state index is 0.244. The molecule has 1 heterocycles. The fourth-order valence-corrected chi connectivity index (χ4v) is 2.49. The number of amides is 1. The van der Waals surface area contributed by atoms with E-state index in [2.05, 4.69) is 15.6 Å². The van der Waals surface area contributed by atoms with Crippen molar-refractivity contribution < 1.29 is 9.53 Å². The van der Waals surface area contributed by atoms with Crippen molar-refractivity contribution >= 4 is 23.0 Å². The Morgan fingerprint density at radius 3 is 2.31 bits per heavy atom. The largest absolute Gasteiger partial charge is 0.497 e. The quantitative estimate of drug-likeness (QED) is 0.702. The molecule has 0 aliphatic carbocycles. The molecule has 3 rings (SSSR count). The van der Waals surface area contributed by atoms with Crippen LogP contribution < -0.4 is 15.4 Å². The van der Waals surface area contributed by atoms with Gasteiger partial charge in [0.05, 0.1) is 7.11 Å². The second kappa shape index (κ2) is 7.70. The van der Waals surface area contributed by atoms with Crippen LogP contribution in [0.25, 0.3) is 0 Å². The van der Waals surface area contributed by atoms with Crippen LogP contribution in [-0.2, 0) is 0 Å². The highest BCUT2D eigenvalue weighted by atomic mass is 16.5. The molecule has 5 nitrogen and oxygen atoms in total. The van der Waals surface area contributed by atoms with Gasteiger partial charge in [0.1, 0.15) is 11.4 Å². The van der Waals surface area contributed by atoms with Crippen molar-refractivity contribution in [3.8, 4) is 5.75 Å². The Kier molecular flexibility index (Phi) is 5.17. The van der Waals surface area contributed by atoms with Gasteiger partial charge in [-0.15, -0.1) is 0 Å². The number of aromatic nitrogens is 1. The first kappa shape index (κ1) is 17.5. The number of aryl methyl sites for hydroxylation is 2. The predicted molar refractivity (Wildman–Crippen MR) is 104 cm³/mol. The fraction of sp³-hybridized carbons (Fsp3) is 0.143. The van der Waals surface area contributed by atoms with Crippen LogP contribution in [0.3, 0.4) is 0 Å². The van der Waals surface area contributed by atoms with Crippen molar-refractivity contribution in [3.05, 3.63) is 77.6 Å². The molecule has 1 aromatic heterocycles. The summed E-state index contributed by atoms with van der Waals surface area (Å²) in [5.74, 6) is 0.547. The maximum Gasteiger partial charge on any atom is 0.274 e.